The van der Waals surface area contributed by atoms with Gasteiger partial charge in [-0.25, -0.2) is 4.79 Å². The van der Waals surface area contributed by atoms with E-state index < -0.39 is 11.6 Å². The molecule has 130 valence electrons. The highest BCUT2D eigenvalue weighted by Crippen LogP contribution is 2.25. The van der Waals surface area contributed by atoms with E-state index in [1.807, 2.05) is 19.9 Å². The normalized spacial score (nSPS) is 19.7. The highest BCUT2D eigenvalue weighted by Gasteiger charge is 2.39. The molecule has 1 heterocycles. The Morgan fingerprint density at radius 2 is 2.00 bits per heavy atom. The maximum atomic E-state index is 12.7. The first kappa shape index (κ1) is 18.5. The summed E-state index contributed by atoms with van der Waals surface area (Å²) in [5.74, 6) is 5.21. The van der Waals surface area contributed by atoms with Gasteiger partial charge in [-0.3, -0.25) is 0 Å². The number of ether oxygens (including phenoxy) is 1. The predicted molar refractivity (Wildman–Crippen MR) is 94.2 cm³/mol. The van der Waals surface area contributed by atoms with Crippen LogP contribution in [0.3, 0.4) is 0 Å². The van der Waals surface area contributed by atoms with Crippen LogP contribution < -0.4 is 0 Å². The van der Waals surface area contributed by atoms with Gasteiger partial charge in [-0.15, -0.1) is 0 Å². The number of carbonyl (C=O) groups is 1. The fourth-order valence-electron chi connectivity index (χ4n) is 2.59. The van der Waals surface area contributed by atoms with Gasteiger partial charge in [0.1, 0.15) is 6.10 Å². The van der Waals surface area contributed by atoms with Gasteiger partial charge in [0.05, 0.1) is 0 Å². The third kappa shape index (κ3) is 4.59. The summed E-state index contributed by atoms with van der Waals surface area (Å²) in [7, 11) is 2.05. The van der Waals surface area contributed by atoms with Crippen molar-refractivity contribution in [1.82, 2.24) is 4.90 Å². The van der Waals surface area contributed by atoms with Crippen molar-refractivity contribution in [2.24, 2.45) is 5.92 Å². The number of nitrogens with zero attached hydrogens (tertiary/aromatic N) is 1. The van der Waals surface area contributed by atoms with Crippen LogP contribution in [0.2, 0.25) is 0 Å². The second-order valence-corrected chi connectivity index (χ2v) is 6.56. The maximum absolute atomic E-state index is 12.7. The minimum Gasteiger partial charge on any atom is -0.459 e. The SMILES string of the molecule is CCC(C)C#CC(O)(C(=O)OC1CCN(C)CC1)c1ccccc1. The van der Waals surface area contributed by atoms with Crippen LogP contribution in [-0.2, 0) is 15.1 Å². The summed E-state index contributed by atoms with van der Waals surface area (Å²) in [4.78, 5) is 14.9. The number of rotatable bonds is 4. The molecule has 2 rings (SSSR count). The number of piperidine rings is 1. The van der Waals surface area contributed by atoms with Crippen LogP contribution in [0.25, 0.3) is 0 Å². The van der Waals surface area contributed by atoms with Crippen LogP contribution in [0.15, 0.2) is 30.3 Å². The maximum Gasteiger partial charge on any atom is 0.356 e. The molecule has 2 unspecified atom stereocenters. The largest absolute Gasteiger partial charge is 0.459 e. The molecule has 4 nitrogen and oxygen atoms in total. The van der Waals surface area contributed by atoms with Crippen LogP contribution >= 0.6 is 0 Å². The highest BCUT2D eigenvalue weighted by molar-refractivity contribution is 5.85. The molecule has 0 aliphatic carbocycles. The molecule has 0 spiro atoms. The Morgan fingerprint density at radius 3 is 2.58 bits per heavy atom. The molecule has 1 saturated heterocycles. The molecule has 1 aliphatic rings. The number of likely N-dealkylation sites (tertiary alicyclic amines) is 1. The van der Waals surface area contributed by atoms with Crippen molar-refractivity contribution in [2.45, 2.75) is 44.8 Å². The van der Waals surface area contributed by atoms with Crippen LogP contribution in [0, 0.1) is 17.8 Å². The average molecular weight is 329 g/mol. The molecule has 0 aromatic heterocycles. The van der Waals surface area contributed by atoms with Gasteiger partial charge in [-0.05, 0) is 26.3 Å². The van der Waals surface area contributed by atoms with Gasteiger partial charge in [-0.2, -0.15) is 0 Å². The summed E-state index contributed by atoms with van der Waals surface area (Å²) in [5.41, 5.74) is -1.45. The van der Waals surface area contributed by atoms with Gasteiger partial charge in [0, 0.05) is 24.6 Å². The zero-order chi connectivity index (χ0) is 17.6. The Kier molecular flexibility index (Phi) is 6.42. The van der Waals surface area contributed by atoms with Gasteiger partial charge >= 0.3 is 5.97 Å². The molecule has 24 heavy (non-hydrogen) atoms. The van der Waals surface area contributed by atoms with Gasteiger partial charge in [0.15, 0.2) is 0 Å². The van der Waals surface area contributed by atoms with Crippen LogP contribution in [0.5, 0.6) is 0 Å². The van der Waals surface area contributed by atoms with Crippen molar-refractivity contribution in [3.05, 3.63) is 35.9 Å². The predicted octanol–water partition coefficient (Wildman–Crippen LogP) is 2.56. The number of esters is 1. The Hall–Kier alpha value is -1.83. The Morgan fingerprint density at radius 1 is 1.38 bits per heavy atom. The lowest BCUT2D eigenvalue weighted by Gasteiger charge is -2.31. The van der Waals surface area contributed by atoms with E-state index in [0.29, 0.717) is 5.56 Å². The van der Waals surface area contributed by atoms with Crippen molar-refractivity contribution in [1.29, 1.82) is 0 Å². The second kappa shape index (κ2) is 8.32. The third-order valence-electron chi connectivity index (χ3n) is 4.54. The van der Waals surface area contributed by atoms with E-state index in [0.717, 1.165) is 32.4 Å². The molecule has 0 radical (unpaired) electrons. The first-order valence-corrected chi connectivity index (χ1v) is 8.66. The van der Waals surface area contributed by atoms with E-state index in [-0.39, 0.29) is 12.0 Å². The summed E-state index contributed by atoms with van der Waals surface area (Å²) in [5, 5.41) is 11.0. The van der Waals surface area contributed by atoms with Crippen molar-refractivity contribution < 1.29 is 14.6 Å². The van der Waals surface area contributed by atoms with Crippen LogP contribution in [-0.4, -0.2) is 42.2 Å². The number of carbonyl (C=O) groups excluding carboxylic acids is 1. The van der Waals surface area contributed by atoms with E-state index in [1.165, 1.54) is 0 Å². The minimum atomic E-state index is -1.91. The van der Waals surface area contributed by atoms with E-state index in [1.54, 1.807) is 24.3 Å². The van der Waals surface area contributed by atoms with Gasteiger partial charge in [0.25, 0.3) is 0 Å². The molecule has 1 aromatic rings. The molecule has 0 bridgehead atoms. The minimum absolute atomic E-state index is 0.108. The lowest BCUT2D eigenvalue weighted by Crippen LogP contribution is -2.41. The Labute approximate surface area is 144 Å². The van der Waals surface area contributed by atoms with Crippen molar-refractivity contribution in [3.63, 3.8) is 0 Å². The van der Waals surface area contributed by atoms with Crippen molar-refractivity contribution in [3.8, 4) is 11.8 Å². The summed E-state index contributed by atoms with van der Waals surface area (Å²) >= 11 is 0. The topological polar surface area (TPSA) is 49.8 Å². The number of hydrogen-bond donors (Lipinski definition) is 1. The monoisotopic (exact) mass is 329 g/mol. The lowest BCUT2D eigenvalue weighted by molar-refractivity contribution is -0.168. The fraction of sp³-hybridized carbons (Fsp3) is 0.550. The number of aliphatic hydroxyl groups is 1. The van der Waals surface area contributed by atoms with Crippen LogP contribution in [0.1, 0.15) is 38.7 Å². The summed E-state index contributed by atoms with van der Waals surface area (Å²) < 4.78 is 5.61. The number of hydrogen-bond acceptors (Lipinski definition) is 4. The number of benzene rings is 1. The summed E-state index contributed by atoms with van der Waals surface area (Å²) in [6, 6.07) is 8.83. The second-order valence-electron chi connectivity index (χ2n) is 6.56. The van der Waals surface area contributed by atoms with Crippen LogP contribution in [0.4, 0.5) is 0 Å². The molecule has 1 aromatic carbocycles. The zero-order valence-corrected chi connectivity index (χ0v) is 14.8. The molecule has 1 fully saturated rings. The summed E-state index contributed by atoms with van der Waals surface area (Å²) in [6.07, 6.45) is 2.27. The standard InChI is InChI=1S/C20H27NO3/c1-4-16(2)10-13-20(23,17-8-6-5-7-9-17)19(22)24-18-11-14-21(3)15-12-18/h5-9,16,18,23H,4,11-12,14-15H2,1-3H3. The molecule has 4 heteroatoms. The van der Waals surface area contributed by atoms with Crippen molar-refractivity contribution >= 4 is 5.97 Å². The van der Waals surface area contributed by atoms with E-state index >= 15 is 0 Å². The lowest BCUT2D eigenvalue weighted by atomic mass is 9.93. The zero-order valence-electron chi connectivity index (χ0n) is 14.8. The molecule has 1 N–H and O–H groups in total. The third-order valence-corrected chi connectivity index (χ3v) is 4.54. The van der Waals surface area contributed by atoms with E-state index in [9.17, 15) is 9.90 Å². The highest BCUT2D eigenvalue weighted by atomic mass is 16.6. The molecule has 2 atom stereocenters. The van der Waals surface area contributed by atoms with E-state index in [2.05, 4.69) is 23.8 Å². The quantitative estimate of drug-likeness (QED) is 0.681. The molecular formula is C20H27NO3. The molecule has 0 saturated carbocycles. The Balaban J connectivity index is 2.21. The molecule has 1 aliphatic heterocycles. The van der Waals surface area contributed by atoms with Gasteiger partial charge in [0.2, 0.25) is 5.60 Å². The molecule has 0 amide bonds. The van der Waals surface area contributed by atoms with Gasteiger partial charge < -0.3 is 14.7 Å². The smallest absolute Gasteiger partial charge is 0.356 e. The molecular weight excluding hydrogens is 302 g/mol. The van der Waals surface area contributed by atoms with E-state index in [4.69, 9.17) is 4.74 Å². The first-order valence-electron chi connectivity index (χ1n) is 8.66. The first-order chi connectivity index (χ1) is 11.5. The Bertz CT molecular complexity index is 596. The van der Waals surface area contributed by atoms with Crippen molar-refractivity contribution in [2.75, 3.05) is 20.1 Å². The average Bonchev–Trinajstić information content (AvgIpc) is 2.61. The fourth-order valence-corrected chi connectivity index (χ4v) is 2.59. The summed E-state index contributed by atoms with van der Waals surface area (Å²) in [6.45, 7) is 5.78. The van der Waals surface area contributed by atoms with Gasteiger partial charge in [-0.1, -0.05) is 56.0 Å².